The maximum absolute atomic E-state index is 13.2. The maximum Gasteiger partial charge on any atom is 0.415 e. The Morgan fingerprint density at radius 2 is 1.64 bits per heavy atom. The molecule has 1 unspecified atom stereocenters. The van der Waals surface area contributed by atoms with E-state index in [1.165, 1.54) is 24.2 Å². The Morgan fingerprint density at radius 1 is 0.879 bits per heavy atom. The molecule has 0 saturated carbocycles. The number of anilines is 6. The van der Waals surface area contributed by atoms with Crippen LogP contribution in [0.15, 0.2) is 54.9 Å². The molecule has 0 aliphatic carbocycles. The van der Waals surface area contributed by atoms with Crippen molar-refractivity contribution in [3.8, 4) is 5.88 Å². The molecule has 3 saturated heterocycles. The fraction of sp³-hybridized carbons (Fsp3) is 0.490. The lowest BCUT2D eigenvalue weighted by Crippen LogP contribution is -2.49. The molecule has 2 aromatic carbocycles. The van der Waals surface area contributed by atoms with Crippen LogP contribution in [0.4, 0.5) is 39.2 Å². The molecule has 8 heterocycles. The van der Waals surface area contributed by atoms with Crippen LogP contribution in [-0.4, -0.2) is 119 Å². The van der Waals surface area contributed by atoms with Crippen LogP contribution in [0.5, 0.6) is 5.88 Å². The van der Waals surface area contributed by atoms with Gasteiger partial charge >= 0.3 is 6.09 Å². The molecule has 5 aromatic rings. The highest BCUT2D eigenvalue weighted by Crippen LogP contribution is 2.40. The fourth-order valence-corrected chi connectivity index (χ4v) is 10.2. The van der Waals surface area contributed by atoms with Crippen molar-refractivity contribution >= 4 is 63.2 Å². The number of nitrogens with one attached hydrogen (secondary N) is 2. The van der Waals surface area contributed by atoms with Gasteiger partial charge in [-0.15, -0.1) is 0 Å². The quantitative estimate of drug-likeness (QED) is 0.173. The average Bonchev–Trinajstić information content (AvgIpc) is 3.63. The minimum atomic E-state index is -0.616. The van der Waals surface area contributed by atoms with E-state index in [-0.39, 0.29) is 11.8 Å². The fourth-order valence-electron chi connectivity index (χ4n) is 10.2. The SMILES string of the molecule is Cc1c(N2CCc3cnc(Nc4ccc(N5CCC(CN6CCN(c7ccc8c(C9CCC(=O)NC9=O)nn(C)c8c7)CC6)CC5)cc4)nc3C2)cnc2c1N(C(=O)OC(C)(C)C)CCO2. The van der Waals surface area contributed by atoms with Crippen molar-refractivity contribution in [2.24, 2.45) is 13.0 Å². The molecule has 3 fully saturated rings. The van der Waals surface area contributed by atoms with Crippen LogP contribution in [0.1, 0.15) is 74.9 Å². The van der Waals surface area contributed by atoms with Gasteiger partial charge in [-0.25, -0.2) is 19.7 Å². The summed E-state index contributed by atoms with van der Waals surface area (Å²) in [5.74, 6) is 0.821. The first-order chi connectivity index (χ1) is 31.8. The van der Waals surface area contributed by atoms with Crippen LogP contribution in [0.2, 0.25) is 0 Å². The number of carbonyl (C=O) groups excluding carboxylic acids is 3. The Bertz CT molecular complexity index is 2650. The van der Waals surface area contributed by atoms with Gasteiger partial charge in [0.05, 0.1) is 47.8 Å². The van der Waals surface area contributed by atoms with Gasteiger partial charge in [0.2, 0.25) is 23.6 Å². The van der Waals surface area contributed by atoms with E-state index in [0.717, 1.165) is 104 Å². The number of hydrogen-bond donors (Lipinski definition) is 2. The Hall–Kier alpha value is -6.49. The lowest BCUT2D eigenvalue weighted by molar-refractivity contribution is -0.134. The molecular formula is C49H60N12O5. The van der Waals surface area contributed by atoms with Gasteiger partial charge in [0.25, 0.3) is 0 Å². The van der Waals surface area contributed by atoms with Crippen LogP contribution < -0.4 is 35.0 Å². The number of nitrogens with zero attached hydrogens (tertiary/aromatic N) is 10. The summed E-state index contributed by atoms with van der Waals surface area (Å²) in [5, 5.41) is 11.6. The van der Waals surface area contributed by atoms with Crippen molar-refractivity contribution < 1.29 is 23.9 Å². The number of piperazine rings is 1. The van der Waals surface area contributed by atoms with Crippen molar-refractivity contribution in [1.82, 2.24) is 34.9 Å². The highest BCUT2D eigenvalue weighted by molar-refractivity contribution is 6.02. The first kappa shape index (κ1) is 43.4. The number of rotatable bonds is 8. The molecule has 0 bridgehead atoms. The molecule has 5 aliphatic rings. The molecule has 5 aliphatic heterocycles. The molecule has 1 atom stereocenters. The smallest absolute Gasteiger partial charge is 0.415 e. The monoisotopic (exact) mass is 896 g/mol. The molecule has 10 rings (SSSR count). The molecule has 3 aromatic heterocycles. The number of imide groups is 1. The molecule has 3 amide bonds. The Balaban J connectivity index is 0.703. The zero-order chi connectivity index (χ0) is 45.7. The number of benzene rings is 2. The predicted molar refractivity (Wildman–Crippen MR) is 254 cm³/mol. The van der Waals surface area contributed by atoms with Crippen molar-refractivity contribution in [2.75, 3.05) is 90.4 Å². The number of ether oxygens (including phenoxy) is 2. The molecule has 346 valence electrons. The van der Waals surface area contributed by atoms with Crippen molar-refractivity contribution in [1.29, 1.82) is 0 Å². The van der Waals surface area contributed by atoms with Crippen LogP contribution in [-0.2, 0) is 34.3 Å². The molecule has 2 N–H and O–H groups in total. The maximum atomic E-state index is 13.2. The predicted octanol–water partition coefficient (Wildman–Crippen LogP) is 6.07. The highest BCUT2D eigenvalue weighted by Gasteiger charge is 2.34. The van der Waals surface area contributed by atoms with Crippen molar-refractivity contribution in [3.63, 3.8) is 0 Å². The van der Waals surface area contributed by atoms with Gasteiger partial charge in [-0.2, -0.15) is 5.10 Å². The van der Waals surface area contributed by atoms with Gasteiger partial charge in [0.15, 0.2) is 0 Å². The van der Waals surface area contributed by atoms with Crippen molar-refractivity contribution in [2.45, 2.75) is 77.9 Å². The first-order valence-corrected chi connectivity index (χ1v) is 23.5. The standard InChI is InChI=1S/C49H60N12O5/c1-31-41(28-50-46-44(31)61(24-25-65-46)48(64)66-49(2,3)4)60-19-16-33-27-51-47(53-39(33)30-60)52-34-6-8-35(9-7-34)58-17-14-32(15-18-58)29-57-20-22-59(23-21-57)36-10-11-37-40(26-36)56(5)55-43(37)38-12-13-42(62)54-45(38)63/h6-11,26-28,32,38H,12-25,29-30H2,1-5H3,(H,51,52,53)(H,54,62,63). The number of hydrogen-bond acceptors (Lipinski definition) is 14. The number of pyridine rings is 1. The normalized spacial score (nSPS) is 19.6. The summed E-state index contributed by atoms with van der Waals surface area (Å²) < 4.78 is 13.5. The number of amides is 3. The molecule has 0 spiro atoms. The summed E-state index contributed by atoms with van der Waals surface area (Å²) in [7, 11) is 1.93. The topological polar surface area (TPSA) is 166 Å². The van der Waals surface area contributed by atoms with Gasteiger partial charge in [0, 0.05) is 100 Å². The summed E-state index contributed by atoms with van der Waals surface area (Å²) in [6.45, 7) is 17.0. The van der Waals surface area contributed by atoms with Gasteiger partial charge in [-0.3, -0.25) is 29.4 Å². The van der Waals surface area contributed by atoms with Gasteiger partial charge in [-0.1, -0.05) is 0 Å². The van der Waals surface area contributed by atoms with E-state index in [1.54, 1.807) is 4.90 Å². The van der Waals surface area contributed by atoms with Gasteiger partial charge in [-0.05, 0) is 107 Å². The third-order valence-corrected chi connectivity index (χ3v) is 13.8. The Morgan fingerprint density at radius 3 is 2.39 bits per heavy atom. The van der Waals surface area contributed by atoms with Crippen molar-refractivity contribution in [3.05, 3.63) is 77.4 Å². The molecule has 17 heteroatoms. The summed E-state index contributed by atoms with van der Waals surface area (Å²) in [6, 6.07) is 15.0. The summed E-state index contributed by atoms with van der Waals surface area (Å²) in [4.78, 5) is 63.3. The first-order valence-electron chi connectivity index (χ1n) is 23.5. The Labute approximate surface area is 385 Å². The average molecular weight is 897 g/mol. The van der Waals surface area contributed by atoms with Gasteiger partial charge in [0.1, 0.15) is 17.9 Å². The number of fused-ring (bicyclic) bond motifs is 3. The third-order valence-electron chi connectivity index (χ3n) is 13.8. The van der Waals surface area contributed by atoms with Crippen LogP contribution in [0.25, 0.3) is 10.9 Å². The van der Waals surface area contributed by atoms with E-state index in [1.807, 2.05) is 51.8 Å². The molecule has 17 nitrogen and oxygen atoms in total. The second-order valence-electron chi connectivity index (χ2n) is 19.3. The number of aryl methyl sites for hydroxylation is 1. The highest BCUT2D eigenvalue weighted by atomic mass is 16.6. The summed E-state index contributed by atoms with van der Waals surface area (Å²) >= 11 is 0. The summed E-state index contributed by atoms with van der Waals surface area (Å²) in [6.07, 6.45) is 7.34. The minimum absolute atomic E-state index is 0.210. The minimum Gasteiger partial charge on any atom is -0.474 e. The second-order valence-corrected chi connectivity index (χ2v) is 19.3. The van der Waals surface area contributed by atoms with E-state index in [2.05, 4.69) is 82.7 Å². The molecule has 0 radical (unpaired) electrons. The lowest BCUT2D eigenvalue weighted by atomic mass is 9.93. The zero-order valence-corrected chi connectivity index (χ0v) is 38.7. The van der Waals surface area contributed by atoms with E-state index >= 15 is 0 Å². The third kappa shape index (κ3) is 8.92. The van der Waals surface area contributed by atoms with E-state index < -0.39 is 17.6 Å². The van der Waals surface area contributed by atoms with E-state index in [9.17, 15) is 14.4 Å². The number of aromatic nitrogens is 5. The summed E-state index contributed by atoms with van der Waals surface area (Å²) in [5.41, 5.74) is 9.10. The van der Waals surface area contributed by atoms with E-state index in [0.29, 0.717) is 56.0 Å². The van der Waals surface area contributed by atoms with E-state index in [4.69, 9.17) is 19.6 Å². The van der Waals surface area contributed by atoms with Gasteiger partial charge < -0.3 is 29.5 Å². The van der Waals surface area contributed by atoms with Crippen LogP contribution >= 0.6 is 0 Å². The lowest BCUT2D eigenvalue weighted by Gasteiger charge is -2.40. The number of carbonyl (C=O) groups is 3. The second kappa shape index (κ2) is 17.7. The number of piperidine rings is 2. The largest absolute Gasteiger partial charge is 0.474 e. The molecule has 66 heavy (non-hydrogen) atoms. The molecular weight excluding hydrogens is 837 g/mol. The van der Waals surface area contributed by atoms with Crippen LogP contribution in [0, 0.1) is 12.8 Å². The zero-order valence-electron chi connectivity index (χ0n) is 38.7. The van der Waals surface area contributed by atoms with Crippen LogP contribution in [0.3, 0.4) is 0 Å². The Kier molecular flexibility index (Phi) is 11.7.